The minimum atomic E-state index is 0.330. The molecule has 0 amide bonds. The highest BCUT2D eigenvalue weighted by Crippen LogP contribution is 2.25. The fraction of sp³-hybridized carbons (Fsp3) is 0.875. The van der Waals surface area contributed by atoms with Crippen molar-refractivity contribution >= 4 is 0 Å². The smallest absolute Gasteiger partial charge is 0.0278 e. The monoisotopic (exact) mass is 250 g/mol. The Morgan fingerprint density at radius 1 is 1.33 bits per heavy atom. The van der Waals surface area contributed by atoms with Gasteiger partial charge in [0.05, 0.1) is 0 Å². The van der Waals surface area contributed by atoms with Gasteiger partial charge in [-0.3, -0.25) is 4.90 Å². The molecule has 3 atom stereocenters. The summed E-state index contributed by atoms with van der Waals surface area (Å²) >= 11 is 0. The van der Waals surface area contributed by atoms with Gasteiger partial charge in [0.1, 0.15) is 0 Å². The van der Waals surface area contributed by atoms with Crippen LogP contribution in [0.15, 0.2) is 12.2 Å². The van der Waals surface area contributed by atoms with Crippen molar-refractivity contribution in [1.29, 1.82) is 0 Å². The maximum atomic E-state index is 3.76. The number of nitrogens with zero attached hydrogens (tertiary/aromatic N) is 1. The van der Waals surface area contributed by atoms with Crippen LogP contribution in [0, 0.1) is 5.92 Å². The van der Waals surface area contributed by atoms with E-state index >= 15 is 0 Å². The minimum Gasteiger partial charge on any atom is -0.309 e. The second-order valence-corrected chi connectivity index (χ2v) is 6.44. The van der Waals surface area contributed by atoms with E-state index in [1.807, 2.05) is 0 Å². The molecule has 0 bridgehead atoms. The van der Waals surface area contributed by atoms with Gasteiger partial charge in [0.25, 0.3) is 0 Å². The summed E-state index contributed by atoms with van der Waals surface area (Å²) in [5.74, 6) is 0.892. The molecule has 0 aromatic carbocycles. The molecule has 2 heteroatoms. The topological polar surface area (TPSA) is 15.3 Å². The summed E-state index contributed by atoms with van der Waals surface area (Å²) in [6.45, 7) is 10.7. The van der Waals surface area contributed by atoms with E-state index in [4.69, 9.17) is 0 Å². The van der Waals surface area contributed by atoms with E-state index in [1.54, 1.807) is 0 Å². The molecule has 2 aliphatic rings. The van der Waals surface area contributed by atoms with Crippen LogP contribution in [0.4, 0.5) is 0 Å². The van der Waals surface area contributed by atoms with Gasteiger partial charge in [-0.15, -0.1) is 0 Å². The highest BCUT2D eigenvalue weighted by molar-refractivity contribution is 4.96. The normalized spacial score (nSPS) is 37.9. The Bertz CT molecular complexity index is 287. The second-order valence-electron chi connectivity index (χ2n) is 6.44. The van der Waals surface area contributed by atoms with Crippen molar-refractivity contribution in [3.63, 3.8) is 0 Å². The van der Waals surface area contributed by atoms with Crippen molar-refractivity contribution < 1.29 is 0 Å². The van der Waals surface area contributed by atoms with Crippen molar-refractivity contribution in [3.8, 4) is 0 Å². The van der Waals surface area contributed by atoms with E-state index in [2.05, 4.69) is 43.1 Å². The fourth-order valence-electron chi connectivity index (χ4n) is 3.33. The van der Waals surface area contributed by atoms with Crippen LogP contribution in [0.5, 0.6) is 0 Å². The van der Waals surface area contributed by atoms with Crippen molar-refractivity contribution in [2.75, 3.05) is 19.6 Å². The zero-order valence-electron chi connectivity index (χ0n) is 12.4. The van der Waals surface area contributed by atoms with Crippen LogP contribution in [-0.4, -0.2) is 36.1 Å². The third-order valence-electron chi connectivity index (χ3n) is 4.95. The molecule has 1 heterocycles. The zero-order valence-corrected chi connectivity index (χ0v) is 12.4. The lowest BCUT2D eigenvalue weighted by molar-refractivity contribution is 0.0659. The van der Waals surface area contributed by atoms with Crippen molar-refractivity contribution in [2.24, 2.45) is 5.92 Å². The Balaban J connectivity index is 1.95. The largest absolute Gasteiger partial charge is 0.309 e. The van der Waals surface area contributed by atoms with Crippen LogP contribution in [0.2, 0.25) is 0 Å². The average molecular weight is 250 g/mol. The van der Waals surface area contributed by atoms with Crippen molar-refractivity contribution in [3.05, 3.63) is 12.2 Å². The number of hydrogen-bond donors (Lipinski definition) is 1. The Morgan fingerprint density at radius 2 is 2.17 bits per heavy atom. The lowest BCUT2D eigenvalue weighted by atomic mass is 9.89. The third-order valence-corrected chi connectivity index (χ3v) is 4.95. The lowest BCUT2D eigenvalue weighted by Crippen LogP contribution is -2.63. The molecule has 2 rings (SSSR count). The molecule has 0 aromatic heterocycles. The number of piperazine rings is 1. The van der Waals surface area contributed by atoms with Crippen LogP contribution >= 0.6 is 0 Å². The highest BCUT2D eigenvalue weighted by Gasteiger charge is 2.34. The standard InChI is InChI=1S/C16H30N2/c1-4-15-11-17-16(3,5-2)13-18(15)12-14-9-7-6-8-10-14/h6-7,14-15,17H,4-5,8-13H2,1-3H3. The summed E-state index contributed by atoms with van der Waals surface area (Å²) in [7, 11) is 0. The molecule has 0 aromatic rings. The molecule has 0 radical (unpaired) electrons. The van der Waals surface area contributed by atoms with Gasteiger partial charge >= 0.3 is 0 Å². The molecule has 18 heavy (non-hydrogen) atoms. The van der Waals surface area contributed by atoms with Crippen molar-refractivity contribution in [2.45, 2.75) is 64.5 Å². The van der Waals surface area contributed by atoms with E-state index in [1.165, 1.54) is 51.7 Å². The van der Waals surface area contributed by atoms with E-state index in [-0.39, 0.29) is 0 Å². The van der Waals surface area contributed by atoms with Gasteiger partial charge in [-0.2, -0.15) is 0 Å². The van der Waals surface area contributed by atoms with Gasteiger partial charge in [-0.05, 0) is 44.9 Å². The SMILES string of the molecule is CCC1CNC(C)(CC)CN1CC1CC=CCC1. The Hall–Kier alpha value is -0.340. The van der Waals surface area contributed by atoms with Gasteiger partial charge < -0.3 is 5.32 Å². The van der Waals surface area contributed by atoms with Crippen LogP contribution in [0.25, 0.3) is 0 Å². The van der Waals surface area contributed by atoms with Gasteiger partial charge in [0.15, 0.2) is 0 Å². The van der Waals surface area contributed by atoms with E-state index < -0.39 is 0 Å². The maximum absolute atomic E-state index is 3.76. The first-order valence-electron chi connectivity index (χ1n) is 7.81. The molecule has 1 aliphatic carbocycles. The summed E-state index contributed by atoms with van der Waals surface area (Å²) in [5, 5.41) is 3.76. The van der Waals surface area contributed by atoms with Crippen molar-refractivity contribution in [1.82, 2.24) is 10.2 Å². The first kappa shape index (κ1) is 14.1. The maximum Gasteiger partial charge on any atom is 0.0278 e. The van der Waals surface area contributed by atoms with Gasteiger partial charge in [-0.25, -0.2) is 0 Å². The van der Waals surface area contributed by atoms with Crippen LogP contribution in [0.3, 0.4) is 0 Å². The molecule has 104 valence electrons. The molecular weight excluding hydrogens is 220 g/mol. The summed E-state index contributed by atoms with van der Waals surface area (Å²) < 4.78 is 0. The highest BCUT2D eigenvalue weighted by atomic mass is 15.2. The predicted octanol–water partition coefficient (Wildman–Crippen LogP) is 3.20. The van der Waals surface area contributed by atoms with Crippen LogP contribution in [0.1, 0.15) is 52.9 Å². The molecule has 2 nitrogen and oxygen atoms in total. The Morgan fingerprint density at radius 3 is 2.78 bits per heavy atom. The molecular formula is C16H30N2. The predicted molar refractivity (Wildman–Crippen MR) is 78.8 cm³/mol. The first-order valence-corrected chi connectivity index (χ1v) is 7.81. The second kappa shape index (κ2) is 6.21. The van der Waals surface area contributed by atoms with Crippen LogP contribution < -0.4 is 5.32 Å². The molecule has 1 aliphatic heterocycles. The zero-order chi connectivity index (χ0) is 13.0. The molecule has 0 saturated carbocycles. The average Bonchev–Trinajstić information content (AvgIpc) is 2.40. The first-order chi connectivity index (χ1) is 8.67. The van der Waals surface area contributed by atoms with Gasteiger partial charge in [-0.1, -0.05) is 26.0 Å². The van der Waals surface area contributed by atoms with Crippen LogP contribution in [-0.2, 0) is 0 Å². The third kappa shape index (κ3) is 3.36. The number of nitrogens with one attached hydrogen (secondary N) is 1. The van der Waals surface area contributed by atoms with E-state index in [0.29, 0.717) is 5.54 Å². The fourth-order valence-corrected chi connectivity index (χ4v) is 3.33. The van der Waals surface area contributed by atoms with E-state index in [0.717, 1.165) is 12.0 Å². The Labute approximate surface area is 113 Å². The number of allylic oxidation sites excluding steroid dienone is 2. The quantitative estimate of drug-likeness (QED) is 0.771. The molecule has 1 fully saturated rings. The lowest BCUT2D eigenvalue weighted by Gasteiger charge is -2.47. The molecule has 1 saturated heterocycles. The Kier molecular flexibility index (Phi) is 4.85. The summed E-state index contributed by atoms with van der Waals surface area (Å²) in [4.78, 5) is 2.77. The minimum absolute atomic E-state index is 0.330. The molecule has 3 unspecified atom stereocenters. The number of hydrogen-bond acceptors (Lipinski definition) is 2. The molecule has 1 N–H and O–H groups in total. The molecule has 0 spiro atoms. The van der Waals surface area contributed by atoms with E-state index in [9.17, 15) is 0 Å². The number of rotatable bonds is 4. The summed E-state index contributed by atoms with van der Waals surface area (Å²) in [6.07, 6.45) is 11.2. The summed E-state index contributed by atoms with van der Waals surface area (Å²) in [6, 6.07) is 0.746. The summed E-state index contributed by atoms with van der Waals surface area (Å²) in [5.41, 5.74) is 0.330. The van der Waals surface area contributed by atoms with Gasteiger partial charge in [0.2, 0.25) is 0 Å². The van der Waals surface area contributed by atoms with Gasteiger partial charge in [0, 0.05) is 31.2 Å².